The number of nitrogens with zero attached hydrogens (tertiary/aromatic N) is 1. The molecule has 1 aromatic heterocycles. The van der Waals surface area contributed by atoms with E-state index >= 15 is 0 Å². The highest BCUT2D eigenvalue weighted by molar-refractivity contribution is 5.85. The second-order valence-corrected chi connectivity index (χ2v) is 3.28. The molecule has 82 valence electrons. The van der Waals surface area contributed by atoms with Gasteiger partial charge in [0.05, 0.1) is 12.8 Å². The van der Waals surface area contributed by atoms with Crippen molar-refractivity contribution in [3.8, 4) is 0 Å². The smallest absolute Gasteiger partial charge is 0.412 e. The monoisotopic (exact) mass is 217 g/mol. The van der Waals surface area contributed by atoms with E-state index in [2.05, 4.69) is 0 Å². The largest absolute Gasteiger partial charge is 0.467 e. The number of benzene rings is 1. The fraction of sp³-hybridized carbons (Fsp3) is 0.0833. The van der Waals surface area contributed by atoms with Crippen molar-refractivity contribution in [1.82, 2.24) is 0 Å². The molecule has 0 aliphatic heterocycles. The molecule has 1 aromatic carbocycles. The van der Waals surface area contributed by atoms with E-state index in [1.165, 1.54) is 11.2 Å². The summed E-state index contributed by atoms with van der Waals surface area (Å²) in [5, 5.41) is 9.11. The number of furan rings is 1. The zero-order chi connectivity index (χ0) is 11.4. The Morgan fingerprint density at radius 2 is 1.94 bits per heavy atom. The van der Waals surface area contributed by atoms with E-state index in [1.54, 1.807) is 36.4 Å². The van der Waals surface area contributed by atoms with Gasteiger partial charge in [-0.1, -0.05) is 18.2 Å². The molecule has 0 bridgehead atoms. The van der Waals surface area contributed by atoms with Crippen LogP contribution in [0.15, 0.2) is 53.1 Å². The molecule has 1 amide bonds. The molecule has 2 rings (SSSR count). The Labute approximate surface area is 92.7 Å². The summed E-state index contributed by atoms with van der Waals surface area (Å²) in [7, 11) is 0. The Morgan fingerprint density at radius 1 is 1.19 bits per heavy atom. The van der Waals surface area contributed by atoms with Crippen molar-refractivity contribution in [3.05, 3.63) is 54.5 Å². The third-order valence-electron chi connectivity index (χ3n) is 2.19. The lowest BCUT2D eigenvalue weighted by molar-refractivity contribution is 0.201. The summed E-state index contributed by atoms with van der Waals surface area (Å²) in [5.74, 6) is 0.617. The van der Waals surface area contributed by atoms with Crippen LogP contribution in [0.25, 0.3) is 0 Å². The number of carboxylic acid groups (broad SMARTS) is 1. The maximum Gasteiger partial charge on any atom is 0.412 e. The van der Waals surface area contributed by atoms with E-state index < -0.39 is 6.09 Å². The van der Waals surface area contributed by atoms with E-state index in [-0.39, 0.29) is 6.54 Å². The molecule has 0 atom stereocenters. The van der Waals surface area contributed by atoms with Crippen molar-refractivity contribution in [2.75, 3.05) is 4.90 Å². The minimum Gasteiger partial charge on any atom is -0.467 e. The first-order valence-corrected chi connectivity index (χ1v) is 4.85. The van der Waals surface area contributed by atoms with Crippen LogP contribution in [0.5, 0.6) is 0 Å². The molecule has 0 unspecified atom stereocenters. The van der Waals surface area contributed by atoms with E-state index in [9.17, 15) is 4.79 Å². The van der Waals surface area contributed by atoms with Crippen molar-refractivity contribution < 1.29 is 14.3 Å². The molecule has 4 heteroatoms. The van der Waals surface area contributed by atoms with Gasteiger partial charge in [0.25, 0.3) is 0 Å². The summed E-state index contributed by atoms with van der Waals surface area (Å²) in [6, 6.07) is 12.4. The van der Waals surface area contributed by atoms with Crippen molar-refractivity contribution >= 4 is 11.8 Å². The lowest BCUT2D eigenvalue weighted by Crippen LogP contribution is -2.28. The predicted octanol–water partition coefficient (Wildman–Crippen LogP) is 2.96. The maximum atomic E-state index is 11.1. The van der Waals surface area contributed by atoms with Crippen molar-refractivity contribution in [3.63, 3.8) is 0 Å². The van der Waals surface area contributed by atoms with Gasteiger partial charge in [-0.15, -0.1) is 0 Å². The number of carbonyl (C=O) groups is 1. The quantitative estimate of drug-likeness (QED) is 0.859. The molecule has 0 spiro atoms. The van der Waals surface area contributed by atoms with Crippen molar-refractivity contribution in [2.24, 2.45) is 0 Å². The van der Waals surface area contributed by atoms with Gasteiger partial charge in [-0.2, -0.15) is 0 Å². The van der Waals surface area contributed by atoms with Gasteiger partial charge in [0.1, 0.15) is 5.76 Å². The molecule has 0 radical (unpaired) electrons. The zero-order valence-electron chi connectivity index (χ0n) is 8.54. The van der Waals surface area contributed by atoms with Crippen LogP contribution in [0.2, 0.25) is 0 Å². The van der Waals surface area contributed by atoms with Gasteiger partial charge in [0.2, 0.25) is 0 Å². The highest BCUT2D eigenvalue weighted by atomic mass is 16.4. The molecule has 2 aromatic rings. The average Bonchev–Trinajstić information content (AvgIpc) is 2.79. The second kappa shape index (κ2) is 4.53. The van der Waals surface area contributed by atoms with Gasteiger partial charge < -0.3 is 9.52 Å². The van der Waals surface area contributed by atoms with Crippen LogP contribution in [-0.4, -0.2) is 11.2 Å². The van der Waals surface area contributed by atoms with Gasteiger partial charge in [-0.3, -0.25) is 4.90 Å². The molecule has 1 N–H and O–H groups in total. The van der Waals surface area contributed by atoms with Crippen LogP contribution in [0, 0.1) is 0 Å². The number of anilines is 1. The van der Waals surface area contributed by atoms with Gasteiger partial charge in [-0.05, 0) is 24.3 Å². The summed E-state index contributed by atoms with van der Waals surface area (Å²) >= 11 is 0. The Balaban J connectivity index is 2.22. The first-order valence-electron chi connectivity index (χ1n) is 4.85. The number of hydrogen-bond acceptors (Lipinski definition) is 2. The first kappa shape index (κ1) is 10.3. The lowest BCUT2D eigenvalue weighted by Gasteiger charge is -2.17. The average molecular weight is 217 g/mol. The van der Waals surface area contributed by atoms with Crippen LogP contribution < -0.4 is 4.90 Å². The topological polar surface area (TPSA) is 53.7 Å². The van der Waals surface area contributed by atoms with Crippen molar-refractivity contribution in [2.45, 2.75) is 6.54 Å². The minimum absolute atomic E-state index is 0.215. The molecule has 0 aliphatic rings. The minimum atomic E-state index is -0.998. The standard InChI is InChI=1S/C12H11NO3/c14-12(15)13(9-11-7-4-8-16-11)10-5-2-1-3-6-10/h1-8H,9H2,(H,14,15). The summed E-state index contributed by atoms with van der Waals surface area (Å²) in [6.45, 7) is 0.215. The molecule has 4 nitrogen and oxygen atoms in total. The summed E-state index contributed by atoms with van der Waals surface area (Å²) in [6.07, 6.45) is 0.531. The van der Waals surface area contributed by atoms with Crippen molar-refractivity contribution in [1.29, 1.82) is 0 Å². The van der Waals surface area contributed by atoms with Crippen LogP contribution in [0.1, 0.15) is 5.76 Å². The second-order valence-electron chi connectivity index (χ2n) is 3.28. The molecule has 0 saturated heterocycles. The fourth-order valence-corrected chi connectivity index (χ4v) is 1.44. The van der Waals surface area contributed by atoms with Gasteiger partial charge in [-0.25, -0.2) is 4.79 Å². The molecular formula is C12H11NO3. The molecule has 1 heterocycles. The number of hydrogen-bond donors (Lipinski definition) is 1. The first-order chi connectivity index (χ1) is 7.77. The van der Waals surface area contributed by atoms with Crippen LogP contribution in [0.4, 0.5) is 10.5 Å². The molecule has 0 saturated carbocycles. The molecule has 16 heavy (non-hydrogen) atoms. The Morgan fingerprint density at radius 3 is 2.50 bits per heavy atom. The van der Waals surface area contributed by atoms with Gasteiger partial charge in [0, 0.05) is 5.69 Å². The lowest BCUT2D eigenvalue weighted by atomic mass is 10.3. The SMILES string of the molecule is O=C(O)N(Cc1ccco1)c1ccccc1. The Hall–Kier alpha value is -2.23. The van der Waals surface area contributed by atoms with Crippen LogP contribution in [-0.2, 0) is 6.54 Å². The van der Waals surface area contributed by atoms with Crippen LogP contribution >= 0.6 is 0 Å². The van der Waals surface area contributed by atoms with E-state index in [0.29, 0.717) is 11.4 Å². The number of rotatable bonds is 3. The van der Waals surface area contributed by atoms with Gasteiger partial charge >= 0.3 is 6.09 Å². The molecule has 0 aliphatic carbocycles. The third-order valence-corrected chi connectivity index (χ3v) is 2.19. The van der Waals surface area contributed by atoms with E-state index in [0.717, 1.165) is 0 Å². The summed E-state index contributed by atoms with van der Waals surface area (Å²) in [4.78, 5) is 12.3. The third kappa shape index (κ3) is 2.23. The Kier molecular flexibility index (Phi) is 2.91. The normalized spacial score (nSPS) is 10.0. The fourth-order valence-electron chi connectivity index (χ4n) is 1.44. The predicted molar refractivity (Wildman–Crippen MR) is 59.4 cm³/mol. The summed E-state index contributed by atoms with van der Waals surface area (Å²) in [5.41, 5.74) is 0.631. The van der Waals surface area contributed by atoms with Gasteiger partial charge in [0.15, 0.2) is 0 Å². The molecular weight excluding hydrogens is 206 g/mol. The maximum absolute atomic E-state index is 11.1. The van der Waals surface area contributed by atoms with E-state index in [1.807, 2.05) is 6.07 Å². The van der Waals surface area contributed by atoms with Crippen LogP contribution in [0.3, 0.4) is 0 Å². The summed E-state index contributed by atoms with van der Waals surface area (Å²) < 4.78 is 5.13. The Bertz CT molecular complexity index is 450. The highest BCUT2D eigenvalue weighted by Gasteiger charge is 2.15. The van der Waals surface area contributed by atoms with E-state index in [4.69, 9.17) is 9.52 Å². The number of amides is 1. The molecule has 0 fully saturated rings. The highest BCUT2D eigenvalue weighted by Crippen LogP contribution is 2.16. The zero-order valence-corrected chi connectivity index (χ0v) is 8.54. The number of para-hydroxylation sites is 1.